The minimum atomic E-state index is -0.317. The lowest BCUT2D eigenvalue weighted by atomic mass is 9.84. The Morgan fingerprint density at radius 3 is 2.46 bits per heavy atom. The molecule has 0 spiro atoms. The molecule has 2 fully saturated rings. The molecule has 39 heavy (non-hydrogen) atoms. The third kappa shape index (κ3) is 5.96. The molecule has 6 atom stereocenters. The lowest BCUT2D eigenvalue weighted by Crippen LogP contribution is -2.23. The molecule has 6 rings (SSSR count). The summed E-state index contributed by atoms with van der Waals surface area (Å²) in [6.45, 7) is 1.95. The molecular weight excluding hydrogens is 492 g/mol. The first-order valence-electron chi connectivity index (χ1n) is 14.2. The highest BCUT2D eigenvalue weighted by Gasteiger charge is 2.42. The molecule has 0 saturated heterocycles. The highest BCUT2D eigenvalue weighted by atomic mass is 16.6. The maximum Gasteiger partial charge on any atom is 0.338 e. The molecule has 4 aliphatic carbocycles. The van der Waals surface area contributed by atoms with Crippen molar-refractivity contribution in [3.05, 3.63) is 84.0 Å². The van der Waals surface area contributed by atoms with Crippen molar-refractivity contribution in [2.45, 2.75) is 25.7 Å². The fraction of sp³-hybridized carbons (Fsp3) is 0.455. The van der Waals surface area contributed by atoms with Crippen LogP contribution >= 0.6 is 0 Å². The van der Waals surface area contributed by atoms with Crippen LogP contribution in [0.4, 0.5) is 0 Å². The Morgan fingerprint density at radius 2 is 1.67 bits per heavy atom. The van der Waals surface area contributed by atoms with Gasteiger partial charge in [-0.2, -0.15) is 0 Å². The Labute approximate surface area is 230 Å². The molecule has 0 N–H and O–H groups in total. The van der Waals surface area contributed by atoms with Gasteiger partial charge in [0.1, 0.15) is 25.6 Å². The summed E-state index contributed by atoms with van der Waals surface area (Å²) < 4.78 is 22.7. The molecule has 0 aromatic heterocycles. The van der Waals surface area contributed by atoms with Gasteiger partial charge in [-0.15, -0.1) is 0 Å². The zero-order chi connectivity index (χ0) is 26.6. The Kier molecular flexibility index (Phi) is 7.82. The van der Waals surface area contributed by atoms with Crippen LogP contribution in [0.1, 0.15) is 41.6 Å². The fourth-order valence-electron chi connectivity index (χ4n) is 6.87. The molecular formula is C33H36O6. The number of esters is 2. The highest BCUT2D eigenvalue weighted by molar-refractivity contribution is 5.89. The van der Waals surface area contributed by atoms with Gasteiger partial charge in [-0.25, -0.2) is 4.79 Å². The third-order valence-corrected chi connectivity index (χ3v) is 8.69. The van der Waals surface area contributed by atoms with Crippen LogP contribution in [0.2, 0.25) is 0 Å². The van der Waals surface area contributed by atoms with Crippen molar-refractivity contribution in [3.8, 4) is 5.75 Å². The maximum atomic E-state index is 12.4. The predicted octanol–water partition coefficient (Wildman–Crippen LogP) is 5.73. The Bertz CT molecular complexity index is 1230. The van der Waals surface area contributed by atoms with Crippen LogP contribution in [0.5, 0.6) is 5.75 Å². The number of ether oxygens (including phenoxy) is 4. The molecule has 2 aromatic rings. The standard InChI is InChI=1S/C33H36O6/c34-32(24-5-2-1-3-6-24)38-12-11-36-21-27-16-23-18-29(30(27)19-23)25-7-4-8-28(20-25)37-13-14-39-33(35)31-17-22-9-10-26(31)15-22/h1-10,18,20,22-23,26-27,30-31H,11-17,19,21H2. The van der Waals surface area contributed by atoms with Gasteiger partial charge in [0.15, 0.2) is 0 Å². The van der Waals surface area contributed by atoms with Crippen LogP contribution in [-0.4, -0.2) is 45.0 Å². The van der Waals surface area contributed by atoms with Crippen LogP contribution in [0.25, 0.3) is 5.57 Å². The lowest BCUT2D eigenvalue weighted by Gasteiger charge is -2.24. The van der Waals surface area contributed by atoms with Crippen LogP contribution in [0, 0.1) is 35.5 Å². The van der Waals surface area contributed by atoms with E-state index in [1.54, 1.807) is 12.1 Å². The number of rotatable bonds is 12. The summed E-state index contributed by atoms with van der Waals surface area (Å²) in [6.07, 6.45) is 11.1. The van der Waals surface area contributed by atoms with Gasteiger partial charge in [-0.05, 0) is 90.7 Å². The number of fused-ring (bicyclic) bond motifs is 4. The first-order valence-corrected chi connectivity index (χ1v) is 14.2. The maximum absolute atomic E-state index is 12.4. The SMILES string of the molecule is O=C(OCCOCC1CC2C=C(c3cccc(OCCOC(=O)C4CC5C=CC4C5)c3)C1C2)c1ccccc1. The van der Waals surface area contributed by atoms with E-state index in [0.717, 1.165) is 31.4 Å². The zero-order valence-corrected chi connectivity index (χ0v) is 22.2. The van der Waals surface area contributed by atoms with Crippen molar-refractivity contribution in [1.82, 2.24) is 0 Å². The van der Waals surface area contributed by atoms with Gasteiger partial charge in [0.05, 0.1) is 24.7 Å². The van der Waals surface area contributed by atoms with E-state index in [4.69, 9.17) is 18.9 Å². The Balaban J connectivity index is 0.930. The second-order valence-corrected chi connectivity index (χ2v) is 11.2. The van der Waals surface area contributed by atoms with Crippen LogP contribution in [0.15, 0.2) is 72.8 Å². The van der Waals surface area contributed by atoms with Crippen molar-refractivity contribution in [3.63, 3.8) is 0 Å². The van der Waals surface area contributed by atoms with Crippen molar-refractivity contribution < 1.29 is 28.5 Å². The van der Waals surface area contributed by atoms with Crippen molar-refractivity contribution in [1.29, 1.82) is 0 Å². The van der Waals surface area contributed by atoms with E-state index in [9.17, 15) is 9.59 Å². The molecule has 0 amide bonds. The molecule has 204 valence electrons. The largest absolute Gasteiger partial charge is 0.490 e. The van der Waals surface area contributed by atoms with Crippen molar-refractivity contribution in [2.24, 2.45) is 35.5 Å². The number of benzene rings is 2. The van der Waals surface area contributed by atoms with Gasteiger partial charge in [-0.3, -0.25) is 4.79 Å². The molecule has 6 unspecified atom stereocenters. The molecule has 0 radical (unpaired) electrons. The minimum Gasteiger partial charge on any atom is -0.490 e. The minimum absolute atomic E-state index is 0.0225. The molecule has 2 saturated carbocycles. The van der Waals surface area contributed by atoms with Gasteiger partial charge >= 0.3 is 11.9 Å². The lowest BCUT2D eigenvalue weighted by molar-refractivity contribution is -0.150. The second kappa shape index (κ2) is 11.8. The van der Waals surface area contributed by atoms with Crippen molar-refractivity contribution in [2.75, 3.05) is 33.0 Å². The molecule has 4 bridgehead atoms. The summed E-state index contributed by atoms with van der Waals surface area (Å²) in [5.74, 6) is 2.85. The second-order valence-electron chi connectivity index (χ2n) is 11.2. The van der Waals surface area contributed by atoms with Gasteiger partial charge in [0, 0.05) is 0 Å². The van der Waals surface area contributed by atoms with E-state index in [-0.39, 0.29) is 31.1 Å². The monoisotopic (exact) mass is 528 g/mol. The quantitative estimate of drug-likeness (QED) is 0.199. The van der Waals surface area contributed by atoms with E-state index >= 15 is 0 Å². The average Bonchev–Trinajstić information content (AvgIpc) is 3.78. The van der Waals surface area contributed by atoms with Gasteiger partial charge in [0.2, 0.25) is 0 Å². The summed E-state index contributed by atoms with van der Waals surface area (Å²) in [5.41, 5.74) is 3.12. The Morgan fingerprint density at radius 1 is 0.795 bits per heavy atom. The third-order valence-electron chi connectivity index (χ3n) is 8.69. The molecule has 6 nitrogen and oxygen atoms in total. The summed E-state index contributed by atoms with van der Waals surface area (Å²) in [4.78, 5) is 24.5. The van der Waals surface area contributed by atoms with E-state index in [2.05, 4.69) is 30.4 Å². The van der Waals surface area contributed by atoms with Gasteiger partial charge < -0.3 is 18.9 Å². The number of carbonyl (C=O) groups excluding carboxylic acids is 2. The summed E-state index contributed by atoms with van der Waals surface area (Å²) in [6, 6.07) is 17.2. The van der Waals surface area contributed by atoms with Crippen LogP contribution in [0.3, 0.4) is 0 Å². The zero-order valence-electron chi connectivity index (χ0n) is 22.2. The normalized spacial score (nSPS) is 27.9. The van der Waals surface area contributed by atoms with E-state index < -0.39 is 0 Å². The average molecular weight is 529 g/mol. The first-order chi connectivity index (χ1) is 19.1. The number of hydrogen-bond acceptors (Lipinski definition) is 6. The van der Waals surface area contributed by atoms with Gasteiger partial charge in [0.25, 0.3) is 0 Å². The van der Waals surface area contributed by atoms with E-state index in [1.165, 1.54) is 11.1 Å². The van der Waals surface area contributed by atoms with Gasteiger partial charge in [-0.1, -0.05) is 48.6 Å². The smallest absolute Gasteiger partial charge is 0.338 e. The number of allylic oxidation sites excluding steroid dienone is 4. The summed E-state index contributed by atoms with van der Waals surface area (Å²) >= 11 is 0. The molecule has 6 heteroatoms. The van der Waals surface area contributed by atoms with Crippen molar-refractivity contribution >= 4 is 17.5 Å². The first kappa shape index (κ1) is 25.9. The summed E-state index contributed by atoms with van der Waals surface area (Å²) in [5, 5.41) is 0. The molecule has 0 heterocycles. The van der Waals surface area contributed by atoms with Crippen LogP contribution < -0.4 is 4.74 Å². The number of hydrogen-bond donors (Lipinski definition) is 0. The summed E-state index contributed by atoms with van der Waals surface area (Å²) in [7, 11) is 0. The van der Waals surface area contributed by atoms with E-state index in [0.29, 0.717) is 55.0 Å². The molecule has 2 aromatic carbocycles. The van der Waals surface area contributed by atoms with Crippen LogP contribution in [-0.2, 0) is 19.0 Å². The molecule has 0 aliphatic heterocycles. The van der Waals surface area contributed by atoms with E-state index in [1.807, 2.05) is 30.3 Å². The fourth-order valence-corrected chi connectivity index (χ4v) is 6.87. The predicted molar refractivity (Wildman–Crippen MR) is 147 cm³/mol. The number of carbonyl (C=O) groups is 2. The Hall–Kier alpha value is -3.38. The topological polar surface area (TPSA) is 71.1 Å². The molecule has 4 aliphatic rings. The highest BCUT2D eigenvalue weighted by Crippen LogP contribution is 2.51.